The second-order valence-electron chi connectivity index (χ2n) is 27.3. The molecule has 2 aliphatic rings. The summed E-state index contributed by atoms with van der Waals surface area (Å²) in [6.45, 7) is 31.9. The first-order valence-electron chi connectivity index (χ1n) is 36.1. The second kappa shape index (κ2) is 38.0. The largest absolute Gasteiger partial charge is 0.832 e. The van der Waals surface area contributed by atoms with Gasteiger partial charge in [0.05, 0.1) is 45.7 Å². The summed E-state index contributed by atoms with van der Waals surface area (Å²) in [5.74, 6) is 4.67. The first-order chi connectivity index (χ1) is 44.7. The molecule has 6 aromatic rings. The Labute approximate surface area is 571 Å². The number of aliphatic imine (C=N–C) groups is 4. The summed E-state index contributed by atoms with van der Waals surface area (Å²) in [4.78, 5) is 20.1. The summed E-state index contributed by atoms with van der Waals surface area (Å²) >= 11 is -2.81. The summed E-state index contributed by atoms with van der Waals surface area (Å²) in [7, 11) is 0. The van der Waals surface area contributed by atoms with Crippen LogP contribution in [-0.4, -0.2) is 56.6 Å². The molecule has 0 N–H and O–H groups in total. The fourth-order valence-electron chi connectivity index (χ4n) is 13.7. The third-order valence-electron chi connectivity index (χ3n) is 19.5. The SMILES string of the molecule is CCCCC(C)(CCCC)c1cc(C)c2c(c1)C=Nc1ccccc1N=Cc1cc(C(C)(CCCC)CCCC)cc(C)c1[O][AlH][O]2.CCCCC(CCCC)c1cc(C)c2c(c1)C=Nc1ccccc1N=Cc1cc(C(CCCC)CCCC)cc(C)c1[O][AlH][O]2. The van der Waals surface area contributed by atoms with Gasteiger partial charge in [-0.2, -0.15) is 0 Å². The molecule has 6 aromatic carbocycles. The molecule has 8 nitrogen and oxygen atoms in total. The Hall–Kier alpha value is -5.74. The summed E-state index contributed by atoms with van der Waals surface area (Å²) in [6.07, 6.45) is 37.1. The van der Waals surface area contributed by atoms with Crippen molar-refractivity contribution >= 4 is 79.4 Å². The maximum Gasteiger partial charge on any atom is 0.832 e. The van der Waals surface area contributed by atoms with Gasteiger partial charge >= 0.3 is 31.8 Å². The first kappa shape index (κ1) is 73.7. The first-order valence-corrected chi connectivity index (χ1v) is 38.4. The van der Waals surface area contributed by atoms with Crippen LogP contribution in [0, 0.1) is 27.7 Å². The van der Waals surface area contributed by atoms with Gasteiger partial charge in [-0.1, -0.05) is 221 Å². The van der Waals surface area contributed by atoms with Crippen molar-refractivity contribution in [3.63, 3.8) is 0 Å². The molecule has 0 radical (unpaired) electrons. The molecule has 8 rings (SSSR count). The van der Waals surface area contributed by atoms with Crippen molar-refractivity contribution in [3.05, 3.63) is 164 Å². The van der Waals surface area contributed by atoms with Gasteiger partial charge in [0, 0.05) is 47.1 Å². The molecule has 0 atom stereocenters. The minimum absolute atomic E-state index is 0.119. The van der Waals surface area contributed by atoms with Crippen LogP contribution >= 0.6 is 0 Å². The fourth-order valence-corrected chi connectivity index (χ4v) is 15.8. The van der Waals surface area contributed by atoms with E-state index < -0.39 is 31.8 Å². The molecule has 0 saturated heterocycles. The van der Waals surface area contributed by atoms with Crippen molar-refractivity contribution in [1.82, 2.24) is 0 Å². The highest BCUT2D eigenvalue weighted by atomic mass is 27.2. The van der Waals surface area contributed by atoms with Crippen LogP contribution in [0.4, 0.5) is 22.7 Å². The quantitative estimate of drug-likeness (QED) is 0.0458. The minimum atomic E-state index is -1.42. The lowest BCUT2D eigenvalue weighted by Gasteiger charge is -2.32. The van der Waals surface area contributed by atoms with Gasteiger partial charge in [-0.3, -0.25) is 20.0 Å². The second-order valence-corrected chi connectivity index (χ2v) is 28.9. The van der Waals surface area contributed by atoms with E-state index in [1.807, 2.05) is 73.4 Å². The predicted molar refractivity (Wildman–Crippen MR) is 400 cm³/mol. The molecule has 0 aliphatic carbocycles. The van der Waals surface area contributed by atoms with Crippen molar-refractivity contribution in [3.8, 4) is 23.0 Å². The molecule has 492 valence electrons. The minimum Gasteiger partial charge on any atom is -0.614 e. The van der Waals surface area contributed by atoms with E-state index in [1.54, 1.807) is 0 Å². The maximum atomic E-state index is 6.65. The third-order valence-corrected chi connectivity index (χ3v) is 21.1. The normalized spacial score (nSPS) is 13.0. The van der Waals surface area contributed by atoms with E-state index in [-0.39, 0.29) is 10.8 Å². The Balaban J connectivity index is 0.000000261. The molecule has 0 aromatic heterocycles. The van der Waals surface area contributed by atoms with Crippen LogP contribution in [0.1, 0.15) is 302 Å². The summed E-state index contributed by atoms with van der Waals surface area (Å²) in [6, 6.07) is 35.1. The molecule has 0 saturated carbocycles. The van der Waals surface area contributed by atoms with Gasteiger partial charge in [0.2, 0.25) is 0 Å². The van der Waals surface area contributed by atoms with Gasteiger partial charge in [-0.15, -0.1) is 0 Å². The van der Waals surface area contributed by atoms with Crippen molar-refractivity contribution in [1.29, 1.82) is 0 Å². The molecule has 2 heterocycles. The smallest absolute Gasteiger partial charge is 0.614 e. The fraction of sp³-hybridized carbons (Fsp3) is 0.512. The summed E-state index contributed by atoms with van der Waals surface area (Å²) in [5, 5.41) is 0. The molecule has 92 heavy (non-hydrogen) atoms. The number of hydrogen-bond acceptors (Lipinski definition) is 8. The zero-order chi connectivity index (χ0) is 65.9. The number of unbranched alkanes of at least 4 members (excludes halogenated alkanes) is 8. The topological polar surface area (TPSA) is 86.4 Å². The summed E-state index contributed by atoms with van der Waals surface area (Å²) < 4.78 is 26.5. The van der Waals surface area contributed by atoms with Gasteiger partial charge in [-0.05, 0) is 195 Å². The van der Waals surface area contributed by atoms with Crippen molar-refractivity contribution in [2.75, 3.05) is 0 Å². The number of aryl methyl sites for hydroxylation is 4. The Morgan fingerprint density at radius 3 is 0.848 bits per heavy atom. The van der Waals surface area contributed by atoms with Crippen LogP contribution in [0.15, 0.2) is 117 Å². The predicted octanol–water partition coefficient (Wildman–Crippen LogP) is 23.9. The zero-order valence-electron chi connectivity index (χ0n) is 59.5. The molecule has 0 fully saturated rings. The van der Waals surface area contributed by atoms with Crippen LogP contribution < -0.4 is 15.2 Å². The number of benzene rings is 6. The van der Waals surface area contributed by atoms with Crippen LogP contribution in [-0.2, 0) is 10.8 Å². The van der Waals surface area contributed by atoms with Crippen LogP contribution in [0.25, 0.3) is 0 Å². The van der Waals surface area contributed by atoms with E-state index in [4.69, 9.17) is 35.1 Å². The van der Waals surface area contributed by atoms with Gasteiger partial charge in [0.25, 0.3) is 0 Å². The zero-order valence-corrected chi connectivity index (χ0v) is 62.3. The molecular formula is C82H114Al2N4O4. The number of nitrogens with zero attached hydrogens (tertiary/aromatic N) is 4. The van der Waals surface area contributed by atoms with Crippen LogP contribution in [0.3, 0.4) is 0 Å². The average Bonchev–Trinajstić information content (AvgIpc) is 1.02. The Bertz CT molecular complexity index is 3150. The Morgan fingerprint density at radius 1 is 0.337 bits per heavy atom. The van der Waals surface area contributed by atoms with Gasteiger partial charge < -0.3 is 15.2 Å². The maximum absolute atomic E-state index is 6.65. The van der Waals surface area contributed by atoms with Crippen LogP contribution in [0.5, 0.6) is 23.0 Å². The van der Waals surface area contributed by atoms with Crippen molar-refractivity contribution < 1.29 is 15.2 Å². The monoisotopic (exact) mass is 1270 g/mol. The van der Waals surface area contributed by atoms with Gasteiger partial charge in [-0.25, -0.2) is 0 Å². The van der Waals surface area contributed by atoms with Crippen LogP contribution in [0.2, 0.25) is 0 Å². The highest BCUT2D eigenvalue weighted by molar-refractivity contribution is 6.22. The number of para-hydroxylation sites is 4. The standard InChI is InChI=1S/C42H60N2O2.C40H56N2O2.2Al.2H/c1-9-13-21-41(7,22-14-10-2)35-25-31(5)39(45)33(27-35)29-43-37-19-17-18-20-38(37)44-30-34-28-36(26-32(6)40(34)46)42(8,23-15-11-3)24-16-12-4;1-7-11-17-31(18-12-8-2)33-23-29(5)39(43)35(25-33)27-41-37-21-15-16-22-38(37)42-28-36-26-34(24-30(6)40(36)44)32(19-13-9-3)20-14-10-4;;;;/h17-20,25-30,45-46H,9-16,21-24H2,1-8H3;15-16,21-28,31-32,43-44H,7-14,17-20H2,1-6H3;;;;/q;;2*+2;;/p-4. The lowest BCUT2D eigenvalue weighted by atomic mass is 9.73. The third kappa shape index (κ3) is 20.6. The molecule has 0 bridgehead atoms. The molecule has 2 aliphatic heterocycles. The highest BCUT2D eigenvalue weighted by Crippen LogP contribution is 2.43. The molecule has 0 spiro atoms. The number of rotatable bonds is 28. The summed E-state index contributed by atoms with van der Waals surface area (Å²) in [5.41, 5.74) is 17.9. The molecule has 0 unspecified atom stereocenters. The van der Waals surface area contributed by atoms with E-state index >= 15 is 0 Å². The van der Waals surface area contributed by atoms with Gasteiger partial charge in [0.15, 0.2) is 0 Å². The van der Waals surface area contributed by atoms with E-state index in [9.17, 15) is 0 Å². The van der Waals surface area contributed by atoms with E-state index in [0.29, 0.717) is 11.8 Å². The van der Waals surface area contributed by atoms with Crippen molar-refractivity contribution in [2.45, 2.75) is 274 Å². The van der Waals surface area contributed by atoms with Gasteiger partial charge in [0.1, 0.15) is 0 Å². The van der Waals surface area contributed by atoms with E-state index in [2.05, 4.69) is 145 Å². The Kier molecular flexibility index (Phi) is 30.4. The lowest BCUT2D eigenvalue weighted by Crippen LogP contribution is -2.23. The molecule has 10 heteroatoms. The lowest BCUT2D eigenvalue weighted by molar-refractivity contribution is 0.373. The van der Waals surface area contributed by atoms with Crippen molar-refractivity contribution in [2.24, 2.45) is 20.0 Å². The van der Waals surface area contributed by atoms with E-state index in [0.717, 1.165) is 90.3 Å². The molecule has 0 amide bonds. The number of hydrogen-bond donors (Lipinski definition) is 0. The number of fused-ring (bicyclic) bond motifs is 6. The Morgan fingerprint density at radius 2 is 0.587 bits per heavy atom. The highest BCUT2D eigenvalue weighted by Gasteiger charge is 2.30. The molecular weight excluding hydrogens is 1160 g/mol. The average molecular weight is 1270 g/mol. The van der Waals surface area contributed by atoms with E-state index in [1.165, 1.54) is 176 Å².